The number of allylic oxidation sites excluding steroid dienone is 4. The molecular weight excluding hydrogens is 557 g/mol. The molecule has 3 aromatic rings. The van der Waals surface area contributed by atoms with Gasteiger partial charge in [0.15, 0.2) is 23.1 Å². The lowest BCUT2D eigenvalue weighted by Crippen LogP contribution is -2.58. The van der Waals surface area contributed by atoms with Gasteiger partial charge in [0.05, 0.1) is 17.3 Å². The van der Waals surface area contributed by atoms with Crippen molar-refractivity contribution >= 4 is 29.0 Å². The Morgan fingerprint density at radius 1 is 0.886 bits per heavy atom. The van der Waals surface area contributed by atoms with E-state index < -0.39 is 46.6 Å². The van der Waals surface area contributed by atoms with Gasteiger partial charge in [0, 0.05) is 29.5 Å². The molecule has 44 heavy (non-hydrogen) atoms. The molecule has 2 fully saturated rings. The van der Waals surface area contributed by atoms with Crippen LogP contribution >= 0.6 is 0 Å². The molecular formula is C37H32FNO5. The molecule has 0 unspecified atom stereocenters. The average molecular weight is 590 g/mol. The predicted octanol–water partition coefficient (Wildman–Crippen LogP) is 5.77. The van der Waals surface area contributed by atoms with Crippen LogP contribution in [0.3, 0.4) is 0 Å². The molecule has 6 atom stereocenters. The molecule has 7 rings (SSSR count). The van der Waals surface area contributed by atoms with Crippen LogP contribution in [0.2, 0.25) is 0 Å². The molecule has 1 aliphatic heterocycles. The maximum absolute atomic E-state index is 15.1. The highest BCUT2D eigenvalue weighted by Crippen LogP contribution is 2.64. The summed E-state index contributed by atoms with van der Waals surface area (Å²) in [6, 6.07) is 22.3. The molecule has 6 nitrogen and oxygen atoms in total. The van der Waals surface area contributed by atoms with Gasteiger partial charge in [0.1, 0.15) is 0 Å². The van der Waals surface area contributed by atoms with Gasteiger partial charge >= 0.3 is 0 Å². The van der Waals surface area contributed by atoms with Crippen LogP contribution in [0, 0.1) is 29.5 Å². The third-order valence-electron chi connectivity index (χ3n) is 10.2. The van der Waals surface area contributed by atoms with E-state index in [1.807, 2.05) is 37.3 Å². The smallest absolute Gasteiger partial charge is 0.233 e. The fourth-order valence-corrected chi connectivity index (χ4v) is 8.49. The van der Waals surface area contributed by atoms with Gasteiger partial charge in [-0.25, -0.2) is 4.39 Å². The molecule has 0 aromatic heterocycles. The maximum atomic E-state index is 15.1. The second kappa shape index (κ2) is 10.5. The van der Waals surface area contributed by atoms with E-state index in [0.717, 1.165) is 6.07 Å². The van der Waals surface area contributed by atoms with E-state index in [1.54, 1.807) is 42.5 Å². The van der Waals surface area contributed by atoms with Gasteiger partial charge in [-0.2, -0.15) is 0 Å². The second-order valence-electron chi connectivity index (χ2n) is 12.3. The number of rotatable bonds is 5. The molecule has 3 aromatic carbocycles. The fraction of sp³-hybridized carbons (Fsp3) is 0.297. The number of para-hydroxylation sites is 1. The average Bonchev–Trinajstić information content (AvgIpc) is 3.29. The number of phenolic OH excluding ortho intramolecular Hbond substituents is 1. The van der Waals surface area contributed by atoms with E-state index in [1.165, 1.54) is 17.0 Å². The summed E-state index contributed by atoms with van der Waals surface area (Å²) >= 11 is 0. The Balaban J connectivity index is 1.52. The van der Waals surface area contributed by atoms with Crippen molar-refractivity contribution in [2.75, 3.05) is 6.54 Å². The number of carbonyl (C=O) groups excluding carboxylic acids is 4. The van der Waals surface area contributed by atoms with E-state index in [2.05, 4.69) is 0 Å². The number of phenols is 1. The predicted molar refractivity (Wildman–Crippen MR) is 162 cm³/mol. The zero-order valence-electron chi connectivity index (χ0n) is 24.3. The van der Waals surface area contributed by atoms with E-state index >= 15 is 4.39 Å². The van der Waals surface area contributed by atoms with E-state index in [4.69, 9.17) is 0 Å². The molecule has 3 aliphatic carbocycles. The summed E-state index contributed by atoms with van der Waals surface area (Å²) in [7, 11) is 0. The minimum absolute atomic E-state index is 0.169. The van der Waals surface area contributed by atoms with Crippen LogP contribution in [0.1, 0.15) is 48.8 Å². The molecule has 1 saturated heterocycles. The van der Waals surface area contributed by atoms with Crippen molar-refractivity contribution < 1.29 is 28.7 Å². The largest absolute Gasteiger partial charge is 0.505 e. The van der Waals surface area contributed by atoms with Crippen molar-refractivity contribution in [3.8, 4) is 5.75 Å². The van der Waals surface area contributed by atoms with Crippen LogP contribution in [0.25, 0.3) is 5.57 Å². The Hall–Kier alpha value is -4.65. The number of nitrogens with zero attached hydrogens (tertiary/aromatic N) is 1. The Morgan fingerprint density at radius 3 is 2.30 bits per heavy atom. The summed E-state index contributed by atoms with van der Waals surface area (Å²) in [6.45, 7) is 2.23. The van der Waals surface area contributed by atoms with Gasteiger partial charge in [0.2, 0.25) is 11.8 Å². The van der Waals surface area contributed by atoms with Crippen LogP contribution in [0.5, 0.6) is 5.75 Å². The molecule has 7 heteroatoms. The third-order valence-corrected chi connectivity index (χ3v) is 10.2. The zero-order valence-corrected chi connectivity index (χ0v) is 24.3. The topological polar surface area (TPSA) is 91.8 Å². The first-order valence-electron chi connectivity index (χ1n) is 15.2. The number of carbonyl (C=O) groups is 4. The van der Waals surface area contributed by atoms with Crippen LogP contribution in [-0.4, -0.2) is 39.9 Å². The highest BCUT2D eigenvalue weighted by Gasteiger charge is 2.66. The zero-order chi connectivity index (χ0) is 30.7. The molecule has 1 N–H and O–H groups in total. The number of hydrogen-bond donors (Lipinski definition) is 1. The van der Waals surface area contributed by atoms with Crippen molar-refractivity contribution in [2.24, 2.45) is 23.7 Å². The molecule has 0 spiro atoms. The van der Waals surface area contributed by atoms with E-state index in [-0.39, 0.29) is 47.4 Å². The molecule has 222 valence electrons. The van der Waals surface area contributed by atoms with Gasteiger partial charge in [-0.05, 0) is 48.4 Å². The first-order chi connectivity index (χ1) is 21.3. The Bertz CT molecular complexity index is 1760. The molecule has 2 amide bonds. The highest BCUT2D eigenvalue weighted by atomic mass is 19.1. The summed E-state index contributed by atoms with van der Waals surface area (Å²) in [5.74, 6) is -6.15. The second-order valence-corrected chi connectivity index (χ2v) is 12.3. The minimum atomic E-state index is -1.51. The van der Waals surface area contributed by atoms with Crippen LogP contribution in [0.15, 0.2) is 96.6 Å². The number of hydrogen-bond acceptors (Lipinski definition) is 5. The van der Waals surface area contributed by atoms with Crippen molar-refractivity contribution in [3.63, 3.8) is 0 Å². The number of imide groups is 1. The summed E-state index contributed by atoms with van der Waals surface area (Å²) in [5, 5.41) is 11.2. The van der Waals surface area contributed by atoms with E-state index in [9.17, 15) is 24.3 Å². The number of amides is 2. The number of benzene rings is 3. The lowest BCUT2D eigenvalue weighted by Gasteiger charge is -2.55. The summed E-state index contributed by atoms with van der Waals surface area (Å²) < 4.78 is 15.1. The van der Waals surface area contributed by atoms with E-state index in [0.29, 0.717) is 29.7 Å². The number of Topliss-reactive ketones (excluding diaryl/α,β-unsaturated/α-hetero) is 1. The third kappa shape index (κ3) is 3.84. The number of fused-ring (bicyclic) bond motifs is 4. The standard InChI is InChI=1S/C37H32FNO5/c1-2-18-39-35(43)24-17-16-23-27(31(24)36(39)44)19-28-33(41)26(21-10-5-3-6-11-21)20-30(40)37(28,22-12-7-4-8-13-22)32(23)25-14-9-15-29(38)34(25)42/h3-16,20,24,27-28,31-32,42H,2,17-19H2,1H3/t24-,27+,28-,31-,32+,37-/m0/s1. The number of ketones is 2. The van der Waals surface area contributed by atoms with Crippen molar-refractivity contribution in [1.29, 1.82) is 0 Å². The summed E-state index contributed by atoms with van der Waals surface area (Å²) in [4.78, 5) is 58.3. The molecule has 4 aliphatic rings. The Kier molecular flexibility index (Phi) is 6.72. The van der Waals surface area contributed by atoms with Gasteiger partial charge in [-0.15, -0.1) is 0 Å². The van der Waals surface area contributed by atoms with Crippen LogP contribution in [-0.2, 0) is 24.6 Å². The molecule has 1 saturated carbocycles. The molecule has 1 heterocycles. The quantitative estimate of drug-likeness (QED) is 0.302. The maximum Gasteiger partial charge on any atom is 0.233 e. The lowest BCUT2D eigenvalue weighted by atomic mass is 9.44. The van der Waals surface area contributed by atoms with Crippen LogP contribution in [0.4, 0.5) is 4.39 Å². The first kappa shape index (κ1) is 28.1. The minimum Gasteiger partial charge on any atom is -0.505 e. The molecule has 0 radical (unpaired) electrons. The Labute approximate surface area is 254 Å². The van der Waals surface area contributed by atoms with Crippen molar-refractivity contribution in [1.82, 2.24) is 4.90 Å². The summed E-state index contributed by atoms with van der Waals surface area (Å²) in [6.07, 6.45) is 4.40. The number of aromatic hydroxyl groups is 1. The van der Waals surface area contributed by atoms with Gasteiger partial charge in [-0.1, -0.05) is 91.4 Å². The number of likely N-dealkylation sites (tertiary alicyclic amines) is 1. The van der Waals surface area contributed by atoms with Gasteiger partial charge < -0.3 is 5.11 Å². The normalized spacial score (nSPS) is 29.5. The van der Waals surface area contributed by atoms with Gasteiger partial charge in [0.25, 0.3) is 0 Å². The van der Waals surface area contributed by atoms with Crippen LogP contribution < -0.4 is 0 Å². The fourth-order valence-electron chi connectivity index (χ4n) is 8.49. The Morgan fingerprint density at radius 2 is 1.59 bits per heavy atom. The molecule has 0 bridgehead atoms. The van der Waals surface area contributed by atoms with Crippen molar-refractivity contribution in [3.05, 3.63) is 119 Å². The summed E-state index contributed by atoms with van der Waals surface area (Å²) in [5.41, 5.74) is 0.865. The first-order valence-corrected chi connectivity index (χ1v) is 15.2. The highest BCUT2D eigenvalue weighted by molar-refractivity contribution is 6.31. The van der Waals surface area contributed by atoms with Gasteiger partial charge in [-0.3, -0.25) is 24.1 Å². The van der Waals surface area contributed by atoms with Crippen molar-refractivity contribution in [2.45, 2.75) is 37.5 Å². The number of halogens is 1. The lowest BCUT2D eigenvalue weighted by molar-refractivity contribution is -0.140. The monoisotopic (exact) mass is 589 g/mol. The SMILES string of the molecule is CCCN1C(=O)[C@H]2[C@H](CC=C3[C@H]2C[C@H]2C(=O)C(c4ccccc4)=CC(=O)[C@@]2(c2ccccc2)[C@H]3c2cccc(F)c2O)C1=O.